The van der Waals surface area contributed by atoms with Crippen LogP contribution in [0.5, 0.6) is 5.75 Å². The van der Waals surface area contributed by atoms with Crippen molar-refractivity contribution in [1.29, 1.82) is 0 Å². The molecule has 112 valence electrons. The molecule has 0 aliphatic carbocycles. The maximum Gasteiger partial charge on any atom is 0.133 e. The molecular formula is C17H18Br2O2. The lowest BCUT2D eigenvalue weighted by atomic mass is 9.97. The Labute approximate surface area is 142 Å². The molecule has 2 rings (SSSR count). The van der Waals surface area contributed by atoms with Crippen molar-refractivity contribution >= 4 is 31.9 Å². The molecule has 0 aromatic heterocycles. The standard InChI is InChI=1S/C17H18Br2O2/c1-3-8-21-16-7-5-12(9-15(16)19)17(20)14-10-13(18)6-4-11(14)2/h4-7,9-10,17,20H,3,8H2,1-2H3. The summed E-state index contributed by atoms with van der Waals surface area (Å²) in [5.41, 5.74) is 2.80. The van der Waals surface area contributed by atoms with E-state index >= 15 is 0 Å². The molecule has 1 atom stereocenters. The van der Waals surface area contributed by atoms with Crippen LogP contribution in [0.1, 0.15) is 36.1 Å². The Hall–Kier alpha value is -0.840. The minimum Gasteiger partial charge on any atom is -0.492 e. The highest BCUT2D eigenvalue weighted by Gasteiger charge is 2.15. The number of aryl methyl sites for hydroxylation is 1. The van der Waals surface area contributed by atoms with Gasteiger partial charge in [0, 0.05) is 4.47 Å². The number of aliphatic hydroxyl groups excluding tert-OH is 1. The number of rotatable bonds is 5. The van der Waals surface area contributed by atoms with Crippen LogP contribution in [0.4, 0.5) is 0 Å². The SMILES string of the molecule is CCCOc1ccc(C(O)c2cc(Br)ccc2C)cc1Br. The highest BCUT2D eigenvalue weighted by Crippen LogP contribution is 2.32. The molecule has 0 saturated carbocycles. The highest BCUT2D eigenvalue weighted by molar-refractivity contribution is 9.10. The number of aliphatic hydroxyl groups is 1. The predicted octanol–water partition coefficient (Wildman–Crippen LogP) is 5.39. The van der Waals surface area contributed by atoms with Gasteiger partial charge in [-0.1, -0.05) is 35.0 Å². The van der Waals surface area contributed by atoms with Crippen LogP contribution in [0.15, 0.2) is 45.3 Å². The van der Waals surface area contributed by atoms with Gasteiger partial charge in [0.1, 0.15) is 11.9 Å². The minimum atomic E-state index is -0.654. The van der Waals surface area contributed by atoms with E-state index in [1.807, 2.05) is 43.3 Å². The third kappa shape index (κ3) is 4.09. The zero-order chi connectivity index (χ0) is 15.4. The molecule has 0 fully saturated rings. The summed E-state index contributed by atoms with van der Waals surface area (Å²) in [7, 11) is 0. The monoisotopic (exact) mass is 412 g/mol. The Balaban J connectivity index is 2.29. The molecule has 0 radical (unpaired) electrons. The number of hydrogen-bond donors (Lipinski definition) is 1. The van der Waals surface area contributed by atoms with Gasteiger partial charge in [-0.3, -0.25) is 0 Å². The molecule has 0 aliphatic rings. The molecule has 1 N–H and O–H groups in total. The second kappa shape index (κ2) is 7.43. The van der Waals surface area contributed by atoms with E-state index in [0.29, 0.717) is 6.61 Å². The van der Waals surface area contributed by atoms with Crippen LogP contribution in [0, 0.1) is 6.92 Å². The summed E-state index contributed by atoms with van der Waals surface area (Å²) < 4.78 is 7.46. The summed E-state index contributed by atoms with van der Waals surface area (Å²) >= 11 is 6.96. The largest absolute Gasteiger partial charge is 0.492 e. The van der Waals surface area contributed by atoms with Crippen LogP contribution in [-0.4, -0.2) is 11.7 Å². The lowest BCUT2D eigenvalue weighted by Crippen LogP contribution is -2.03. The Morgan fingerprint density at radius 1 is 1.14 bits per heavy atom. The number of hydrogen-bond acceptors (Lipinski definition) is 2. The smallest absolute Gasteiger partial charge is 0.133 e. The second-order valence-electron chi connectivity index (χ2n) is 4.94. The highest BCUT2D eigenvalue weighted by atomic mass is 79.9. The van der Waals surface area contributed by atoms with Gasteiger partial charge in [0.15, 0.2) is 0 Å². The van der Waals surface area contributed by atoms with Gasteiger partial charge in [-0.15, -0.1) is 0 Å². The fourth-order valence-corrected chi connectivity index (χ4v) is 2.99. The van der Waals surface area contributed by atoms with Crippen molar-refractivity contribution in [1.82, 2.24) is 0 Å². The minimum absolute atomic E-state index is 0.654. The Kier molecular flexibility index (Phi) is 5.85. The van der Waals surface area contributed by atoms with Gasteiger partial charge in [0.2, 0.25) is 0 Å². The van der Waals surface area contributed by atoms with Crippen LogP contribution in [0.3, 0.4) is 0 Å². The van der Waals surface area contributed by atoms with Crippen LogP contribution >= 0.6 is 31.9 Å². The van der Waals surface area contributed by atoms with Gasteiger partial charge in [-0.25, -0.2) is 0 Å². The molecule has 0 heterocycles. The lowest BCUT2D eigenvalue weighted by molar-refractivity contribution is 0.219. The van der Waals surface area contributed by atoms with Crippen molar-refractivity contribution in [3.63, 3.8) is 0 Å². The molecule has 0 saturated heterocycles. The lowest BCUT2D eigenvalue weighted by Gasteiger charge is -2.16. The van der Waals surface area contributed by atoms with E-state index in [1.54, 1.807) is 0 Å². The van der Waals surface area contributed by atoms with Crippen LogP contribution < -0.4 is 4.74 Å². The molecule has 0 spiro atoms. The van der Waals surface area contributed by atoms with Gasteiger partial charge in [-0.05, 0) is 70.2 Å². The van der Waals surface area contributed by atoms with E-state index in [9.17, 15) is 5.11 Å². The van der Waals surface area contributed by atoms with E-state index in [-0.39, 0.29) is 0 Å². The van der Waals surface area contributed by atoms with E-state index in [0.717, 1.165) is 37.8 Å². The fraction of sp³-hybridized carbons (Fsp3) is 0.294. The van der Waals surface area contributed by atoms with Crippen molar-refractivity contribution < 1.29 is 9.84 Å². The average molecular weight is 414 g/mol. The first kappa shape index (κ1) is 16.5. The Bertz CT molecular complexity index is 626. The van der Waals surface area contributed by atoms with Crippen molar-refractivity contribution in [3.8, 4) is 5.75 Å². The summed E-state index contributed by atoms with van der Waals surface area (Å²) in [5, 5.41) is 10.6. The van der Waals surface area contributed by atoms with Gasteiger partial charge in [0.25, 0.3) is 0 Å². The summed E-state index contributed by atoms with van der Waals surface area (Å²) in [6.45, 7) is 4.76. The first-order chi connectivity index (χ1) is 10.0. The number of ether oxygens (including phenoxy) is 1. The summed E-state index contributed by atoms with van der Waals surface area (Å²) in [6, 6.07) is 11.6. The van der Waals surface area contributed by atoms with E-state index in [2.05, 4.69) is 38.8 Å². The molecule has 4 heteroatoms. The summed E-state index contributed by atoms with van der Waals surface area (Å²) in [4.78, 5) is 0. The summed E-state index contributed by atoms with van der Waals surface area (Å²) in [5.74, 6) is 0.804. The topological polar surface area (TPSA) is 29.5 Å². The molecule has 0 bridgehead atoms. The second-order valence-corrected chi connectivity index (χ2v) is 6.71. The van der Waals surface area contributed by atoms with Gasteiger partial charge in [-0.2, -0.15) is 0 Å². The van der Waals surface area contributed by atoms with Crippen LogP contribution in [-0.2, 0) is 0 Å². The Morgan fingerprint density at radius 2 is 1.90 bits per heavy atom. The van der Waals surface area contributed by atoms with Crippen molar-refractivity contribution in [3.05, 3.63) is 62.0 Å². The fourth-order valence-electron chi connectivity index (χ4n) is 2.10. The van der Waals surface area contributed by atoms with Gasteiger partial charge < -0.3 is 9.84 Å². The van der Waals surface area contributed by atoms with E-state index in [4.69, 9.17) is 4.74 Å². The predicted molar refractivity (Wildman–Crippen MR) is 92.9 cm³/mol. The maximum atomic E-state index is 10.6. The van der Waals surface area contributed by atoms with Crippen LogP contribution in [0.25, 0.3) is 0 Å². The zero-order valence-electron chi connectivity index (χ0n) is 12.1. The van der Waals surface area contributed by atoms with Gasteiger partial charge in [0.05, 0.1) is 11.1 Å². The van der Waals surface area contributed by atoms with E-state index < -0.39 is 6.10 Å². The van der Waals surface area contributed by atoms with Crippen LogP contribution in [0.2, 0.25) is 0 Å². The molecular weight excluding hydrogens is 396 g/mol. The molecule has 2 nitrogen and oxygen atoms in total. The molecule has 21 heavy (non-hydrogen) atoms. The summed E-state index contributed by atoms with van der Waals surface area (Å²) in [6.07, 6.45) is 0.313. The van der Waals surface area contributed by atoms with Crippen molar-refractivity contribution in [2.24, 2.45) is 0 Å². The third-order valence-electron chi connectivity index (χ3n) is 3.27. The van der Waals surface area contributed by atoms with Crippen molar-refractivity contribution in [2.45, 2.75) is 26.4 Å². The zero-order valence-corrected chi connectivity index (χ0v) is 15.2. The first-order valence-corrected chi connectivity index (χ1v) is 8.48. The quantitative estimate of drug-likeness (QED) is 0.711. The third-order valence-corrected chi connectivity index (χ3v) is 4.38. The number of halogens is 2. The maximum absolute atomic E-state index is 10.6. The van der Waals surface area contributed by atoms with Crippen molar-refractivity contribution in [2.75, 3.05) is 6.61 Å². The normalized spacial score (nSPS) is 12.2. The molecule has 2 aromatic rings. The first-order valence-electron chi connectivity index (χ1n) is 6.89. The molecule has 1 unspecified atom stereocenters. The van der Waals surface area contributed by atoms with E-state index in [1.165, 1.54) is 0 Å². The molecule has 0 aliphatic heterocycles. The molecule has 0 amide bonds. The Morgan fingerprint density at radius 3 is 2.57 bits per heavy atom. The van der Waals surface area contributed by atoms with Gasteiger partial charge >= 0.3 is 0 Å². The molecule has 2 aromatic carbocycles. The average Bonchev–Trinajstić information content (AvgIpc) is 2.47. The number of benzene rings is 2.